The molecule has 1 rings (SSSR count). The topological polar surface area (TPSA) is 23.5 Å². The van der Waals surface area contributed by atoms with Gasteiger partial charge in [0.15, 0.2) is 0 Å². The zero-order valence-electron chi connectivity index (χ0n) is 12.2. The maximum atomic E-state index is 10.4. The Labute approximate surface area is 107 Å². The number of hydrogen-bond donors (Lipinski definition) is 1. The van der Waals surface area contributed by atoms with E-state index in [0.29, 0.717) is 17.9 Å². The minimum Gasteiger partial charge on any atom is -0.392 e. The third kappa shape index (κ3) is 5.39. The summed E-state index contributed by atoms with van der Waals surface area (Å²) in [6.07, 6.45) is 6.34. The van der Waals surface area contributed by atoms with Crippen LogP contribution in [0.25, 0.3) is 0 Å². The Kier molecular flexibility index (Phi) is 6.50. The molecule has 0 aromatic carbocycles. The molecule has 0 aromatic heterocycles. The summed E-state index contributed by atoms with van der Waals surface area (Å²) in [6, 6.07) is 0.538. The van der Waals surface area contributed by atoms with Crippen molar-refractivity contribution in [1.82, 2.24) is 4.90 Å². The van der Waals surface area contributed by atoms with Crippen LogP contribution in [0.2, 0.25) is 0 Å². The summed E-state index contributed by atoms with van der Waals surface area (Å²) < 4.78 is 0. The summed E-state index contributed by atoms with van der Waals surface area (Å²) >= 11 is 0. The highest BCUT2D eigenvalue weighted by Gasteiger charge is 2.24. The van der Waals surface area contributed by atoms with Gasteiger partial charge in [-0.25, -0.2) is 0 Å². The Hall–Kier alpha value is -0.0800. The Morgan fingerprint density at radius 2 is 1.59 bits per heavy atom. The van der Waals surface area contributed by atoms with Crippen LogP contribution in [0.15, 0.2) is 0 Å². The molecule has 1 saturated carbocycles. The molecule has 0 radical (unpaired) electrons. The van der Waals surface area contributed by atoms with E-state index in [1.165, 1.54) is 32.1 Å². The first-order valence-corrected chi connectivity index (χ1v) is 7.42. The normalized spacial score (nSPS) is 20.5. The van der Waals surface area contributed by atoms with E-state index in [9.17, 15) is 5.11 Å². The lowest BCUT2D eigenvalue weighted by Crippen LogP contribution is -2.42. The smallest absolute Gasteiger partial charge is 0.0695 e. The Morgan fingerprint density at radius 1 is 1.00 bits per heavy atom. The fourth-order valence-electron chi connectivity index (χ4n) is 2.87. The van der Waals surface area contributed by atoms with E-state index < -0.39 is 0 Å². The SMILES string of the molecule is CC(C)CN(CC(O)C1CCCCC1)C(C)C. The molecule has 1 fully saturated rings. The quantitative estimate of drug-likeness (QED) is 0.771. The summed E-state index contributed by atoms with van der Waals surface area (Å²) in [7, 11) is 0. The first-order chi connectivity index (χ1) is 8.00. The molecule has 2 nitrogen and oxygen atoms in total. The minimum atomic E-state index is -0.114. The molecule has 0 bridgehead atoms. The molecule has 0 aliphatic heterocycles. The van der Waals surface area contributed by atoms with Crippen LogP contribution < -0.4 is 0 Å². The van der Waals surface area contributed by atoms with Crippen LogP contribution in [0.4, 0.5) is 0 Å². The van der Waals surface area contributed by atoms with Crippen LogP contribution in [0.3, 0.4) is 0 Å². The zero-order chi connectivity index (χ0) is 12.8. The predicted molar refractivity (Wildman–Crippen MR) is 74.1 cm³/mol. The Bertz CT molecular complexity index is 197. The molecule has 0 heterocycles. The van der Waals surface area contributed by atoms with Crippen LogP contribution in [0.1, 0.15) is 59.8 Å². The molecular formula is C15H31NO. The van der Waals surface area contributed by atoms with Crippen molar-refractivity contribution in [3.8, 4) is 0 Å². The average Bonchev–Trinajstić information content (AvgIpc) is 2.28. The van der Waals surface area contributed by atoms with Crippen molar-refractivity contribution in [2.75, 3.05) is 13.1 Å². The third-order valence-corrected chi connectivity index (χ3v) is 3.95. The number of aliphatic hydroxyl groups is 1. The van der Waals surface area contributed by atoms with E-state index in [0.717, 1.165) is 13.1 Å². The molecular weight excluding hydrogens is 210 g/mol. The van der Waals surface area contributed by atoms with Crippen molar-refractivity contribution in [3.63, 3.8) is 0 Å². The van der Waals surface area contributed by atoms with Gasteiger partial charge in [0.2, 0.25) is 0 Å². The molecule has 2 heteroatoms. The summed E-state index contributed by atoms with van der Waals surface area (Å²) in [5, 5.41) is 10.4. The lowest BCUT2D eigenvalue weighted by atomic mass is 9.85. The van der Waals surface area contributed by atoms with Gasteiger partial charge in [0, 0.05) is 19.1 Å². The molecule has 1 aliphatic rings. The van der Waals surface area contributed by atoms with Gasteiger partial charge in [0.25, 0.3) is 0 Å². The van der Waals surface area contributed by atoms with Crippen LogP contribution in [-0.2, 0) is 0 Å². The minimum absolute atomic E-state index is 0.114. The molecule has 1 N–H and O–H groups in total. The summed E-state index contributed by atoms with van der Waals surface area (Å²) in [5.74, 6) is 1.23. The summed E-state index contributed by atoms with van der Waals surface area (Å²) in [6.45, 7) is 10.9. The van der Waals surface area contributed by atoms with Gasteiger partial charge >= 0.3 is 0 Å². The van der Waals surface area contributed by atoms with Crippen LogP contribution in [0, 0.1) is 11.8 Å². The third-order valence-electron chi connectivity index (χ3n) is 3.95. The molecule has 1 unspecified atom stereocenters. The standard InChI is InChI=1S/C15H31NO/c1-12(2)10-16(13(3)4)11-15(17)14-8-6-5-7-9-14/h12-15,17H,5-11H2,1-4H3. The van der Waals surface area contributed by atoms with Crippen LogP contribution in [0.5, 0.6) is 0 Å². The Morgan fingerprint density at radius 3 is 2.06 bits per heavy atom. The van der Waals surface area contributed by atoms with Crippen LogP contribution in [-0.4, -0.2) is 35.2 Å². The van der Waals surface area contributed by atoms with Crippen molar-refractivity contribution in [3.05, 3.63) is 0 Å². The molecule has 0 spiro atoms. The highest BCUT2D eigenvalue weighted by atomic mass is 16.3. The summed E-state index contributed by atoms with van der Waals surface area (Å²) in [4.78, 5) is 2.43. The molecule has 17 heavy (non-hydrogen) atoms. The average molecular weight is 241 g/mol. The molecule has 0 aromatic rings. The van der Waals surface area contributed by atoms with Gasteiger partial charge < -0.3 is 5.11 Å². The summed E-state index contributed by atoms with van der Waals surface area (Å²) in [5.41, 5.74) is 0. The van der Waals surface area contributed by atoms with Crippen molar-refractivity contribution in [2.45, 2.75) is 71.9 Å². The monoisotopic (exact) mass is 241 g/mol. The zero-order valence-corrected chi connectivity index (χ0v) is 12.2. The number of aliphatic hydroxyl groups excluding tert-OH is 1. The lowest BCUT2D eigenvalue weighted by molar-refractivity contribution is 0.0340. The van der Waals surface area contributed by atoms with Crippen molar-refractivity contribution in [2.24, 2.45) is 11.8 Å². The van der Waals surface area contributed by atoms with E-state index >= 15 is 0 Å². The molecule has 0 saturated heterocycles. The van der Waals surface area contributed by atoms with E-state index in [-0.39, 0.29) is 6.10 Å². The number of hydrogen-bond acceptors (Lipinski definition) is 2. The lowest BCUT2D eigenvalue weighted by Gasteiger charge is -2.34. The molecule has 1 aliphatic carbocycles. The van der Waals surface area contributed by atoms with Gasteiger partial charge in [0.1, 0.15) is 0 Å². The fourth-order valence-corrected chi connectivity index (χ4v) is 2.87. The van der Waals surface area contributed by atoms with E-state index in [1.54, 1.807) is 0 Å². The van der Waals surface area contributed by atoms with Crippen LogP contribution >= 0.6 is 0 Å². The van der Waals surface area contributed by atoms with Crippen molar-refractivity contribution in [1.29, 1.82) is 0 Å². The van der Waals surface area contributed by atoms with Crippen molar-refractivity contribution >= 4 is 0 Å². The van der Waals surface area contributed by atoms with E-state index in [1.807, 2.05) is 0 Å². The van der Waals surface area contributed by atoms with Crippen molar-refractivity contribution < 1.29 is 5.11 Å². The van der Waals surface area contributed by atoms with Gasteiger partial charge in [-0.05, 0) is 38.5 Å². The van der Waals surface area contributed by atoms with Gasteiger partial charge in [0.05, 0.1) is 6.10 Å². The van der Waals surface area contributed by atoms with Gasteiger partial charge in [-0.3, -0.25) is 4.90 Å². The largest absolute Gasteiger partial charge is 0.392 e. The molecule has 0 amide bonds. The van der Waals surface area contributed by atoms with Gasteiger partial charge in [-0.15, -0.1) is 0 Å². The second-order valence-electron chi connectivity index (χ2n) is 6.41. The second kappa shape index (κ2) is 7.38. The van der Waals surface area contributed by atoms with E-state index in [4.69, 9.17) is 0 Å². The highest BCUT2D eigenvalue weighted by molar-refractivity contribution is 4.77. The van der Waals surface area contributed by atoms with Gasteiger partial charge in [-0.1, -0.05) is 33.1 Å². The first-order valence-electron chi connectivity index (χ1n) is 7.42. The maximum Gasteiger partial charge on any atom is 0.0695 e. The highest BCUT2D eigenvalue weighted by Crippen LogP contribution is 2.27. The van der Waals surface area contributed by atoms with E-state index in [2.05, 4.69) is 32.6 Å². The number of rotatable bonds is 6. The van der Waals surface area contributed by atoms with Gasteiger partial charge in [-0.2, -0.15) is 0 Å². The second-order valence-corrected chi connectivity index (χ2v) is 6.41. The first kappa shape index (κ1) is 15.0. The Balaban J connectivity index is 2.41. The fraction of sp³-hybridized carbons (Fsp3) is 1.00. The predicted octanol–water partition coefficient (Wildman–Crippen LogP) is 3.29. The molecule has 1 atom stereocenters. The maximum absolute atomic E-state index is 10.4. The number of nitrogens with zero attached hydrogens (tertiary/aromatic N) is 1. The molecule has 102 valence electrons.